The summed E-state index contributed by atoms with van der Waals surface area (Å²) in [4.78, 5) is 1.62. The first-order chi connectivity index (χ1) is 9.45. The second kappa shape index (κ2) is 6.43. The predicted molar refractivity (Wildman–Crippen MR) is 73.3 cm³/mol. The number of nitrogens with zero attached hydrogens (tertiary/aromatic N) is 1. The SMILES string of the molecule is OCC(F)(F)[C@H](c1ccc(F)cc1Br)N1CCNCC1. The zero-order chi connectivity index (χ0) is 14.8. The van der Waals surface area contributed by atoms with Crippen LogP contribution in [0.1, 0.15) is 11.6 Å². The van der Waals surface area contributed by atoms with Gasteiger partial charge in [-0.2, -0.15) is 0 Å². The van der Waals surface area contributed by atoms with Gasteiger partial charge in [-0.25, -0.2) is 13.2 Å². The molecule has 7 heteroatoms. The summed E-state index contributed by atoms with van der Waals surface area (Å²) in [6, 6.07) is 2.39. The maximum atomic E-state index is 14.1. The third kappa shape index (κ3) is 3.33. The number of nitrogens with one attached hydrogen (secondary N) is 1. The molecule has 20 heavy (non-hydrogen) atoms. The minimum absolute atomic E-state index is 0.285. The molecule has 1 aromatic carbocycles. The minimum Gasteiger partial charge on any atom is -0.390 e. The first kappa shape index (κ1) is 15.8. The number of rotatable bonds is 4. The van der Waals surface area contributed by atoms with Crippen molar-refractivity contribution in [1.82, 2.24) is 10.2 Å². The van der Waals surface area contributed by atoms with Gasteiger partial charge in [0.25, 0.3) is 5.92 Å². The van der Waals surface area contributed by atoms with E-state index in [0.717, 1.165) is 12.1 Å². The van der Waals surface area contributed by atoms with Crippen LogP contribution in [-0.2, 0) is 0 Å². The molecule has 1 aliphatic heterocycles. The van der Waals surface area contributed by atoms with Gasteiger partial charge in [0.1, 0.15) is 18.5 Å². The van der Waals surface area contributed by atoms with Crippen molar-refractivity contribution < 1.29 is 18.3 Å². The van der Waals surface area contributed by atoms with Crippen molar-refractivity contribution in [1.29, 1.82) is 0 Å². The monoisotopic (exact) mass is 352 g/mol. The van der Waals surface area contributed by atoms with Gasteiger partial charge < -0.3 is 10.4 Å². The highest BCUT2D eigenvalue weighted by molar-refractivity contribution is 9.10. The zero-order valence-electron chi connectivity index (χ0n) is 10.8. The van der Waals surface area contributed by atoms with Gasteiger partial charge in [-0.15, -0.1) is 0 Å². The maximum absolute atomic E-state index is 14.1. The molecule has 0 saturated carbocycles. The Labute approximate surface area is 123 Å². The summed E-state index contributed by atoms with van der Waals surface area (Å²) < 4.78 is 41.7. The van der Waals surface area contributed by atoms with E-state index in [1.807, 2.05) is 0 Å². The van der Waals surface area contributed by atoms with Crippen molar-refractivity contribution >= 4 is 15.9 Å². The molecule has 1 heterocycles. The molecule has 0 bridgehead atoms. The van der Waals surface area contributed by atoms with E-state index in [2.05, 4.69) is 21.2 Å². The molecule has 0 radical (unpaired) electrons. The Morgan fingerprint density at radius 3 is 2.55 bits per heavy atom. The maximum Gasteiger partial charge on any atom is 0.289 e. The van der Waals surface area contributed by atoms with Crippen LogP contribution < -0.4 is 5.32 Å². The number of aliphatic hydroxyl groups excluding tert-OH is 1. The van der Waals surface area contributed by atoms with Crippen LogP contribution in [0.5, 0.6) is 0 Å². The van der Waals surface area contributed by atoms with Gasteiger partial charge in [-0.05, 0) is 17.7 Å². The Balaban J connectivity index is 2.39. The lowest BCUT2D eigenvalue weighted by Gasteiger charge is -2.39. The predicted octanol–water partition coefficient (Wildman–Crippen LogP) is 2.16. The Morgan fingerprint density at radius 2 is 2.00 bits per heavy atom. The molecule has 1 atom stereocenters. The van der Waals surface area contributed by atoms with Crippen LogP contribution in [0, 0.1) is 5.82 Å². The molecule has 0 unspecified atom stereocenters. The van der Waals surface area contributed by atoms with Crippen LogP contribution in [0.25, 0.3) is 0 Å². The fraction of sp³-hybridized carbons (Fsp3) is 0.538. The molecule has 0 aliphatic carbocycles. The van der Waals surface area contributed by atoms with Crippen molar-refractivity contribution in [3.8, 4) is 0 Å². The summed E-state index contributed by atoms with van der Waals surface area (Å²) in [7, 11) is 0. The molecule has 2 rings (SSSR count). The molecule has 1 fully saturated rings. The Morgan fingerprint density at radius 1 is 1.35 bits per heavy atom. The van der Waals surface area contributed by atoms with Crippen LogP contribution in [0.15, 0.2) is 22.7 Å². The fourth-order valence-electron chi connectivity index (χ4n) is 2.44. The average molecular weight is 353 g/mol. The van der Waals surface area contributed by atoms with E-state index in [0.29, 0.717) is 26.2 Å². The molecule has 0 amide bonds. The summed E-state index contributed by atoms with van der Waals surface area (Å²) >= 11 is 3.14. The number of benzene rings is 1. The number of piperazine rings is 1. The van der Waals surface area contributed by atoms with E-state index in [4.69, 9.17) is 5.11 Å². The molecule has 1 saturated heterocycles. The molecule has 0 spiro atoms. The highest BCUT2D eigenvalue weighted by Gasteiger charge is 2.44. The summed E-state index contributed by atoms with van der Waals surface area (Å²) in [6.45, 7) is 0.868. The summed E-state index contributed by atoms with van der Waals surface area (Å²) in [5.41, 5.74) is 0.285. The van der Waals surface area contributed by atoms with Crippen LogP contribution in [0.3, 0.4) is 0 Å². The lowest BCUT2D eigenvalue weighted by molar-refractivity contribution is -0.118. The minimum atomic E-state index is -3.29. The van der Waals surface area contributed by atoms with Gasteiger partial charge in [-0.3, -0.25) is 4.90 Å². The van der Waals surface area contributed by atoms with Crippen LogP contribution >= 0.6 is 15.9 Å². The van der Waals surface area contributed by atoms with Gasteiger partial charge in [0.15, 0.2) is 0 Å². The van der Waals surface area contributed by atoms with Crippen LogP contribution in [0.4, 0.5) is 13.2 Å². The van der Waals surface area contributed by atoms with Crippen LogP contribution in [-0.4, -0.2) is 48.7 Å². The highest BCUT2D eigenvalue weighted by atomic mass is 79.9. The lowest BCUT2D eigenvalue weighted by Crippen LogP contribution is -2.51. The number of halogens is 4. The molecular formula is C13H16BrF3N2O. The Bertz CT molecular complexity index is 467. The van der Waals surface area contributed by atoms with Crippen molar-refractivity contribution in [3.63, 3.8) is 0 Å². The average Bonchev–Trinajstić information content (AvgIpc) is 2.43. The molecule has 2 N–H and O–H groups in total. The van der Waals surface area contributed by atoms with Gasteiger partial charge in [0, 0.05) is 30.7 Å². The second-order valence-electron chi connectivity index (χ2n) is 4.77. The Kier molecular flexibility index (Phi) is 5.06. The highest BCUT2D eigenvalue weighted by Crippen LogP contribution is 2.39. The third-order valence-corrected chi connectivity index (χ3v) is 4.07. The third-order valence-electron chi connectivity index (χ3n) is 3.38. The van der Waals surface area contributed by atoms with E-state index >= 15 is 0 Å². The molecule has 112 valence electrons. The van der Waals surface area contributed by atoms with Crippen molar-refractivity contribution in [2.45, 2.75) is 12.0 Å². The molecule has 1 aliphatic rings. The molecule has 0 aromatic heterocycles. The van der Waals surface area contributed by atoms with Gasteiger partial charge in [-0.1, -0.05) is 22.0 Å². The summed E-state index contributed by atoms with van der Waals surface area (Å²) in [5, 5.41) is 12.1. The largest absolute Gasteiger partial charge is 0.390 e. The first-order valence-corrected chi connectivity index (χ1v) is 7.13. The van der Waals surface area contributed by atoms with Crippen molar-refractivity contribution in [3.05, 3.63) is 34.1 Å². The fourth-order valence-corrected chi connectivity index (χ4v) is 3.01. The summed E-state index contributed by atoms with van der Waals surface area (Å²) in [5.74, 6) is -3.79. The normalized spacial score (nSPS) is 19.1. The smallest absolute Gasteiger partial charge is 0.289 e. The number of hydrogen-bond acceptors (Lipinski definition) is 3. The number of alkyl halides is 2. The van der Waals surface area contributed by atoms with E-state index in [9.17, 15) is 13.2 Å². The van der Waals surface area contributed by atoms with Crippen molar-refractivity contribution in [2.75, 3.05) is 32.8 Å². The topological polar surface area (TPSA) is 35.5 Å². The second-order valence-corrected chi connectivity index (χ2v) is 5.63. The number of hydrogen-bond donors (Lipinski definition) is 2. The lowest BCUT2D eigenvalue weighted by atomic mass is 9.98. The first-order valence-electron chi connectivity index (χ1n) is 6.34. The molecule has 3 nitrogen and oxygen atoms in total. The molecule has 1 aromatic rings. The quantitative estimate of drug-likeness (QED) is 0.871. The van der Waals surface area contributed by atoms with E-state index in [-0.39, 0.29) is 10.0 Å². The standard InChI is InChI=1S/C13H16BrF3N2O/c14-11-7-9(15)1-2-10(11)12(13(16,17)8-20)19-5-3-18-4-6-19/h1-2,7,12,18,20H,3-6,8H2/t12-/m0/s1. The summed E-state index contributed by atoms with van der Waals surface area (Å²) in [6.07, 6.45) is 0. The van der Waals surface area contributed by atoms with Crippen molar-refractivity contribution in [2.24, 2.45) is 0 Å². The molecular weight excluding hydrogens is 337 g/mol. The van der Waals surface area contributed by atoms with E-state index < -0.39 is 24.4 Å². The number of aliphatic hydroxyl groups is 1. The van der Waals surface area contributed by atoms with Gasteiger partial charge in [0.05, 0.1) is 0 Å². The van der Waals surface area contributed by atoms with Crippen LogP contribution in [0.2, 0.25) is 0 Å². The Hall–Kier alpha value is -0.630. The van der Waals surface area contributed by atoms with E-state index in [1.165, 1.54) is 6.07 Å². The van der Waals surface area contributed by atoms with Gasteiger partial charge in [0.2, 0.25) is 0 Å². The van der Waals surface area contributed by atoms with Gasteiger partial charge >= 0.3 is 0 Å². The van der Waals surface area contributed by atoms with E-state index in [1.54, 1.807) is 4.90 Å². The zero-order valence-corrected chi connectivity index (χ0v) is 12.3.